The van der Waals surface area contributed by atoms with Gasteiger partial charge in [0.1, 0.15) is 5.76 Å². The summed E-state index contributed by atoms with van der Waals surface area (Å²) in [4.78, 5) is 37.1. The number of ether oxygens (including phenoxy) is 3. The number of aliphatic hydroxyl groups excluding tert-OH is 2. The van der Waals surface area contributed by atoms with Gasteiger partial charge in [-0.1, -0.05) is 42.8 Å². The third kappa shape index (κ3) is 3.65. The first-order valence-electron chi connectivity index (χ1n) is 13.1. The fraction of sp³-hybridized carbons (Fsp3) is 0.414. The molecule has 2 aromatic rings. The van der Waals surface area contributed by atoms with Crippen molar-refractivity contribution in [3.8, 4) is 11.5 Å². The van der Waals surface area contributed by atoms with Gasteiger partial charge in [-0.05, 0) is 49.3 Å². The topological polar surface area (TPSA) is 180 Å². The zero-order valence-electron chi connectivity index (χ0n) is 21.2. The van der Waals surface area contributed by atoms with Gasteiger partial charge in [-0.2, -0.15) is 0 Å². The lowest BCUT2D eigenvalue weighted by Crippen LogP contribution is -2.67. The van der Waals surface area contributed by atoms with Crippen molar-refractivity contribution < 1.29 is 54.1 Å². The molecule has 3 aliphatic carbocycles. The fourth-order valence-corrected chi connectivity index (χ4v) is 7.04. The average molecular weight is 553 g/mol. The summed E-state index contributed by atoms with van der Waals surface area (Å²) in [6.45, 7) is 0. The van der Waals surface area contributed by atoms with Crippen LogP contribution >= 0.6 is 0 Å². The monoisotopic (exact) mass is 552 g/mol. The van der Waals surface area contributed by atoms with Crippen molar-refractivity contribution in [2.24, 2.45) is 5.92 Å². The van der Waals surface area contributed by atoms with Crippen LogP contribution in [0.3, 0.4) is 0 Å². The molecule has 11 heteroatoms. The maximum atomic E-state index is 12.9. The molecule has 1 saturated carbocycles. The van der Waals surface area contributed by atoms with Crippen molar-refractivity contribution >= 4 is 17.9 Å². The third-order valence-electron chi connectivity index (χ3n) is 8.82. The van der Waals surface area contributed by atoms with Gasteiger partial charge in [0.15, 0.2) is 29.8 Å². The summed E-state index contributed by atoms with van der Waals surface area (Å²) in [7, 11) is 0. The number of hydrogen-bond donors (Lipinski definition) is 5. The lowest BCUT2D eigenvalue weighted by molar-refractivity contribution is -0.182. The van der Waals surface area contributed by atoms with E-state index in [1.165, 1.54) is 36.4 Å². The second kappa shape index (κ2) is 9.33. The Labute approximate surface area is 228 Å². The number of aromatic hydroxyl groups is 1. The fourth-order valence-electron chi connectivity index (χ4n) is 7.04. The molecule has 1 unspecified atom stereocenters. The number of carboxylic acids is 1. The highest BCUT2D eigenvalue weighted by Gasteiger charge is 2.71. The van der Waals surface area contributed by atoms with E-state index < -0.39 is 53.3 Å². The standard InChI is InChI=1S/C29H28O11/c30-17-9-8-15-13-16-7-4-11-28-19(15)23(17)39-24(28)18(10-12-29(16,28)37)38-26(35)20(31)21(32)27(36)40-22(25(33)34)14-5-2-1-3-6-14/h1-3,5-6,8-10,16,20-22,24,30-32,37H,4,7,11-13H2,(H,33,34)/t16-,20+,21+,22?,24+,28+,29-/m0/s1. The summed E-state index contributed by atoms with van der Waals surface area (Å²) in [5, 5.41) is 52.9. The number of aliphatic hydroxyl groups is 3. The van der Waals surface area contributed by atoms with Gasteiger partial charge in [0.05, 0.1) is 11.0 Å². The molecule has 1 heterocycles. The molecule has 0 amide bonds. The molecule has 7 atom stereocenters. The normalized spacial score (nSPS) is 29.6. The van der Waals surface area contributed by atoms with Crippen LogP contribution in [0.15, 0.2) is 54.3 Å². The van der Waals surface area contributed by atoms with E-state index in [9.17, 15) is 39.9 Å². The predicted octanol–water partition coefficient (Wildman–Crippen LogP) is 1.40. The Hall–Kier alpha value is -3.93. The number of carbonyl (C=O) groups is 3. The first-order chi connectivity index (χ1) is 19.1. The van der Waals surface area contributed by atoms with Gasteiger partial charge in [0, 0.05) is 11.1 Å². The summed E-state index contributed by atoms with van der Waals surface area (Å²) in [5.74, 6) is -4.42. The second-order valence-electron chi connectivity index (χ2n) is 10.8. The van der Waals surface area contributed by atoms with Crippen molar-refractivity contribution in [3.05, 3.63) is 71.0 Å². The van der Waals surface area contributed by atoms with Gasteiger partial charge in [0.25, 0.3) is 0 Å². The number of esters is 2. The zero-order chi connectivity index (χ0) is 28.4. The minimum Gasteiger partial charge on any atom is -0.504 e. The molecular formula is C29H28O11. The highest BCUT2D eigenvalue weighted by molar-refractivity contribution is 5.87. The van der Waals surface area contributed by atoms with Crippen LogP contribution in [0.4, 0.5) is 0 Å². The summed E-state index contributed by atoms with van der Waals surface area (Å²) >= 11 is 0. The molecule has 1 aliphatic heterocycles. The molecule has 2 bridgehead atoms. The number of carboxylic acid groups (broad SMARTS) is 1. The van der Waals surface area contributed by atoms with Crippen molar-refractivity contribution in [1.82, 2.24) is 0 Å². The van der Waals surface area contributed by atoms with E-state index in [0.29, 0.717) is 18.4 Å². The van der Waals surface area contributed by atoms with E-state index in [1.54, 1.807) is 6.07 Å². The van der Waals surface area contributed by atoms with E-state index in [1.807, 2.05) is 6.07 Å². The smallest absolute Gasteiger partial charge is 0.349 e. The predicted molar refractivity (Wildman–Crippen MR) is 134 cm³/mol. The van der Waals surface area contributed by atoms with Gasteiger partial charge < -0.3 is 39.7 Å². The molecular weight excluding hydrogens is 524 g/mol. The Morgan fingerprint density at radius 1 is 1.02 bits per heavy atom. The maximum absolute atomic E-state index is 12.9. The first kappa shape index (κ1) is 26.3. The number of hydrogen-bond acceptors (Lipinski definition) is 10. The van der Waals surface area contributed by atoms with Crippen LogP contribution in [0.1, 0.15) is 48.5 Å². The van der Waals surface area contributed by atoms with Crippen LogP contribution in [0.25, 0.3) is 0 Å². The van der Waals surface area contributed by atoms with Crippen molar-refractivity contribution in [2.75, 3.05) is 0 Å². The molecule has 0 saturated heterocycles. The van der Waals surface area contributed by atoms with E-state index in [4.69, 9.17) is 14.2 Å². The molecule has 6 rings (SSSR count). The van der Waals surface area contributed by atoms with Crippen LogP contribution in [0.2, 0.25) is 0 Å². The maximum Gasteiger partial charge on any atom is 0.349 e. The number of rotatable bonds is 7. The zero-order valence-corrected chi connectivity index (χ0v) is 21.2. The van der Waals surface area contributed by atoms with E-state index >= 15 is 0 Å². The Morgan fingerprint density at radius 3 is 2.48 bits per heavy atom. The van der Waals surface area contributed by atoms with Crippen LogP contribution in [0.5, 0.6) is 11.5 Å². The molecule has 40 heavy (non-hydrogen) atoms. The van der Waals surface area contributed by atoms with Gasteiger partial charge in [0.2, 0.25) is 6.10 Å². The summed E-state index contributed by atoms with van der Waals surface area (Å²) in [6, 6.07) is 10.9. The summed E-state index contributed by atoms with van der Waals surface area (Å²) in [6.07, 6.45) is -3.28. The van der Waals surface area contributed by atoms with E-state index in [-0.39, 0.29) is 35.2 Å². The van der Waals surface area contributed by atoms with Gasteiger partial charge >= 0.3 is 17.9 Å². The third-order valence-corrected chi connectivity index (χ3v) is 8.82. The molecule has 5 N–H and O–H groups in total. The Bertz CT molecular complexity index is 1420. The minimum atomic E-state index is -2.44. The average Bonchev–Trinajstić information content (AvgIpc) is 3.29. The summed E-state index contributed by atoms with van der Waals surface area (Å²) < 4.78 is 16.5. The number of phenols is 1. The Kier molecular flexibility index (Phi) is 6.13. The van der Waals surface area contributed by atoms with E-state index in [2.05, 4.69) is 0 Å². The number of aliphatic carboxylic acids is 1. The molecule has 2 aromatic carbocycles. The number of benzene rings is 2. The Morgan fingerprint density at radius 2 is 1.75 bits per heavy atom. The molecule has 1 spiro atoms. The molecule has 0 radical (unpaired) electrons. The molecule has 1 fully saturated rings. The number of phenolic OH excluding ortho intramolecular Hbond substituents is 1. The lowest BCUT2D eigenvalue weighted by atomic mass is 9.47. The Balaban J connectivity index is 1.23. The van der Waals surface area contributed by atoms with Crippen molar-refractivity contribution in [1.29, 1.82) is 0 Å². The van der Waals surface area contributed by atoms with Crippen molar-refractivity contribution in [3.63, 3.8) is 0 Å². The quantitative estimate of drug-likeness (QED) is 0.313. The van der Waals surface area contributed by atoms with Gasteiger partial charge in [-0.15, -0.1) is 0 Å². The van der Waals surface area contributed by atoms with Crippen LogP contribution in [-0.2, 0) is 35.7 Å². The molecule has 0 aromatic heterocycles. The van der Waals surface area contributed by atoms with E-state index in [0.717, 1.165) is 18.4 Å². The lowest BCUT2D eigenvalue weighted by Gasteiger charge is -2.59. The second-order valence-corrected chi connectivity index (χ2v) is 10.8. The van der Waals surface area contributed by atoms with Crippen molar-refractivity contribution in [2.45, 2.75) is 67.5 Å². The van der Waals surface area contributed by atoms with Crippen LogP contribution in [-0.4, -0.2) is 67.4 Å². The summed E-state index contributed by atoms with van der Waals surface area (Å²) in [5.41, 5.74) is -0.437. The minimum absolute atomic E-state index is 0.0221. The number of carbonyl (C=O) groups excluding carboxylic acids is 2. The van der Waals surface area contributed by atoms with Gasteiger partial charge in [-0.3, -0.25) is 0 Å². The van der Waals surface area contributed by atoms with Gasteiger partial charge in [-0.25, -0.2) is 14.4 Å². The largest absolute Gasteiger partial charge is 0.504 e. The molecule has 11 nitrogen and oxygen atoms in total. The highest BCUT2D eigenvalue weighted by atomic mass is 16.6. The van der Waals surface area contributed by atoms with Crippen LogP contribution in [0, 0.1) is 5.92 Å². The highest BCUT2D eigenvalue weighted by Crippen LogP contribution is 2.67. The first-order valence-corrected chi connectivity index (χ1v) is 13.1. The molecule has 4 aliphatic rings. The van der Waals surface area contributed by atoms with Crippen LogP contribution < -0.4 is 4.74 Å². The molecule has 210 valence electrons. The SMILES string of the molecule is O=C(O)C(OC(=O)[C@H](O)[C@@H](O)C(=O)OC1=CC[C@]2(O)[C@H]3CCC[C@]24c2c(ccc(O)c2O[C@H]14)C3)c1ccccc1.